The second-order valence-electron chi connectivity index (χ2n) is 8.28. The number of hydrogen-bond acceptors (Lipinski definition) is 6. The van der Waals surface area contributed by atoms with Gasteiger partial charge in [-0.15, -0.1) is 0 Å². The maximum Gasteiger partial charge on any atom is 0.344 e. The van der Waals surface area contributed by atoms with Crippen molar-refractivity contribution in [3.05, 3.63) is 96.4 Å². The van der Waals surface area contributed by atoms with Gasteiger partial charge in [0, 0.05) is 24.2 Å². The van der Waals surface area contributed by atoms with Gasteiger partial charge < -0.3 is 10.1 Å². The zero-order valence-corrected chi connectivity index (χ0v) is 19.5. The molecule has 1 saturated heterocycles. The lowest BCUT2D eigenvalue weighted by atomic mass is 9.92. The predicted octanol–water partition coefficient (Wildman–Crippen LogP) is 3.05. The van der Waals surface area contributed by atoms with Crippen LogP contribution in [0.2, 0.25) is 0 Å². The molecule has 3 heterocycles. The fraction of sp³-hybridized carbons (Fsp3) is 0.115. The Labute approximate surface area is 206 Å². The van der Waals surface area contributed by atoms with Gasteiger partial charge in [-0.05, 0) is 48.9 Å². The number of carbonyl (C=O) groups excluding carboxylic acids is 3. The number of urea groups is 1. The van der Waals surface area contributed by atoms with Crippen LogP contribution in [0.1, 0.15) is 22.8 Å². The number of hydrogen-bond donors (Lipinski definition) is 2. The van der Waals surface area contributed by atoms with Gasteiger partial charge in [-0.25, -0.2) is 9.48 Å². The highest BCUT2D eigenvalue weighted by atomic mass is 16.5. The summed E-state index contributed by atoms with van der Waals surface area (Å²) in [7, 11) is 1.51. The van der Waals surface area contributed by atoms with Crippen molar-refractivity contribution in [2.45, 2.75) is 12.5 Å². The van der Waals surface area contributed by atoms with Crippen LogP contribution in [0, 0.1) is 0 Å². The number of pyridine rings is 1. The first-order valence-corrected chi connectivity index (χ1v) is 11.1. The topological polar surface area (TPSA) is 118 Å². The third-order valence-electron chi connectivity index (χ3n) is 5.97. The number of para-hydroxylation sites is 1. The van der Waals surface area contributed by atoms with Gasteiger partial charge in [0.15, 0.2) is 0 Å². The van der Waals surface area contributed by atoms with Crippen LogP contribution in [0.25, 0.3) is 16.9 Å². The third-order valence-corrected chi connectivity index (χ3v) is 5.97. The van der Waals surface area contributed by atoms with Crippen LogP contribution >= 0.6 is 0 Å². The van der Waals surface area contributed by atoms with E-state index in [0.717, 1.165) is 5.69 Å². The van der Waals surface area contributed by atoms with Gasteiger partial charge in [-0.1, -0.05) is 30.3 Å². The van der Waals surface area contributed by atoms with Crippen molar-refractivity contribution in [2.75, 3.05) is 7.11 Å². The first kappa shape index (κ1) is 22.8. The number of aromatic nitrogens is 3. The van der Waals surface area contributed by atoms with E-state index in [1.54, 1.807) is 66.6 Å². The third kappa shape index (κ3) is 3.94. The maximum absolute atomic E-state index is 13.4. The number of hydrazine groups is 1. The van der Waals surface area contributed by atoms with Crippen molar-refractivity contribution in [3.63, 3.8) is 0 Å². The van der Waals surface area contributed by atoms with Gasteiger partial charge in [0.2, 0.25) is 0 Å². The molecule has 10 nitrogen and oxygen atoms in total. The molecule has 1 atom stereocenters. The molecule has 2 aromatic carbocycles. The molecular formula is C26H22N6O4. The first-order valence-electron chi connectivity index (χ1n) is 11.1. The minimum atomic E-state index is -1.39. The van der Waals surface area contributed by atoms with Gasteiger partial charge in [0.25, 0.3) is 11.8 Å². The Morgan fingerprint density at radius 2 is 1.86 bits per heavy atom. The van der Waals surface area contributed by atoms with Crippen LogP contribution in [0.15, 0.2) is 85.3 Å². The van der Waals surface area contributed by atoms with Crippen LogP contribution in [-0.4, -0.2) is 44.7 Å². The van der Waals surface area contributed by atoms with Crippen LogP contribution in [0.5, 0.6) is 5.75 Å². The summed E-state index contributed by atoms with van der Waals surface area (Å²) in [6.07, 6.45) is 4.75. The number of amides is 4. The summed E-state index contributed by atoms with van der Waals surface area (Å²) in [5.74, 6) is -0.769. The fourth-order valence-electron chi connectivity index (χ4n) is 4.00. The Hall–Kier alpha value is -4.99. The van der Waals surface area contributed by atoms with E-state index in [0.29, 0.717) is 27.6 Å². The maximum atomic E-state index is 13.4. The lowest BCUT2D eigenvalue weighted by Crippen LogP contribution is -2.48. The second-order valence-corrected chi connectivity index (χ2v) is 8.28. The summed E-state index contributed by atoms with van der Waals surface area (Å²) in [6, 6.07) is 18.8. The normalized spacial score (nSPS) is 17.1. The Morgan fingerprint density at radius 3 is 2.58 bits per heavy atom. The molecule has 4 aromatic rings. The highest BCUT2D eigenvalue weighted by molar-refractivity contribution is 6.10. The van der Waals surface area contributed by atoms with Gasteiger partial charge in [0.05, 0.1) is 18.4 Å². The van der Waals surface area contributed by atoms with E-state index in [1.807, 2.05) is 30.3 Å². The number of carbonyl (C=O) groups is 3. The van der Waals surface area contributed by atoms with Crippen LogP contribution in [0.4, 0.5) is 4.79 Å². The Balaban J connectivity index is 1.47. The number of nitrogens with zero attached hydrogens (tertiary/aromatic N) is 4. The summed E-state index contributed by atoms with van der Waals surface area (Å²) < 4.78 is 6.80. The molecule has 1 aliphatic rings. The van der Waals surface area contributed by atoms with E-state index in [9.17, 15) is 14.4 Å². The summed E-state index contributed by atoms with van der Waals surface area (Å²) in [4.78, 5) is 43.7. The van der Waals surface area contributed by atoms with E-state index in [4.69, 9.17) is 4.74 Å². The number of benzene rings is 2. The fourth-order valence-corrected chi connectivity index (χ4v) is 4.00. The Morgan fingerprint density at radius 1 is 1.06 bits per heavy atom. The molecule has 1 fully saturated rings. The van der Waals surface area contributed by atoms with Crippen molar-refractivity contribution in [3.8, 4) is 22.7 Å². The molecule has 0 bridgehead atoms. The van der Waals surface area contributed by atoms with Crippen LogP contribution < -0.4 is 15.5 Å². The number of rotatable bonds is 6. The molecule has 2 aromatic heterocycles. The summed E-state index contributed by atoms with van der Waals surface area (Å²) in [5, 5.41) is 7.94. The van der Waals surface area contributed by atoms with Gasteiger partial charge >= 0.3 is 6.03 Å². The predicted molar refractivity (Wildman–Crippen MR) is 130 cm³/mol. The van der Waals surface area contributed by atoms with Crippen LogP contribution in [-0.2, 0) is 10.3 Å². The number of methoxy groups -OCH3 is 1. The molecular weight excluding hydrogens is 460 g/mol. The minimum absolute atomic E-state index is 0.169. The molecule has 36 heavy (non-hydrogen) atoms. The lowest BCUT2D eigenvalue weighted by Gasteiger charge is -2.22. The number of imide groups is 1. The van der Waals surface area contributed by atoms with Gasteiger partial charge in [-0.3, -0.25) is 20.0 Å². The first-order chi connectivity index (χ1) is 17.4. The average molecular weight is 483 g/mol. The van der Waals surface area contributed by atoms with E-state index in [1.165, 1.54) is 7.11 Å². The van der Waals surface area contributed by atoms with E-state index in [2.05, 4.69) is 20.8 Å². The molecule has 180 valence electrons. The highest BCUT2D eigenvalue weighted by Gasteiger charge is 2.50. The van der Waals surface area contributed by atoms with Gasteiger partial charge in [-0.2, -0.15) is 10.1 Å². The summed E-state index contributed by atoms with van der Waals surface area (Å²) in [5.41, 5.74) is 3.45. The molecule has 0 radical (unpaired) electrons. The molecule has 0 saturated carbocycles. The summed E-state index contributed by atoms with van der Waals surface area (Å²) >= 11 is 0. The standard InChI is InChI=1S/C26H22N6O4/c1-26(18-9-6-12-20(14-18)36-2)24(34)32(25(35)28-26)30-23(33)21-16-31(19-10-4-3-5-11-19)29-22(21)17-8-7-13-27-15-17/h3-16H,1-2H3,(H,28,35)(H,30,33)/t26-/m1/s1. The van der Waals surface area contributed by atoms with Crippen molar-refractivity contribution in [1.29, 1.82) is 0 Å². The average Bonchev–Trinajstić information content (AvgIpc) is 3.46. The van der Waals surface area contributed by atoms with Crippen molar-refractivity contribution >= 4 is 17.8 Å². The Bertz CT molecular complexity index is 1450. The Kier molecular flexibility index (Phi) is 5.69. The molecule has 5 rings (SSSR count). The molecule has 10 heteroatoms. The van der Waals surface area contributed by atoms with E-state index < -0.39 is 23.4 Å². The SMILES string of the molecule is COc1cccc([C@@]2(C)NC(=O)N(NC(=O)c3cn(-c4ccccc4)nc3-c3cccnc3)C2=O)c1. The number of ether oxygens (including phenoxy) is 1. The van der Waals surface area contributed by atoms with Crippen LogP contribution in [0.3, 0.4) is 0 Å². The zero-order valence-electron chi connectivity index (χ0n) is 19.5. The lowest BCUT2D eigenvalue weighted by molar-refractivity contribution is -0.132. The molecule has 4 amide bonds. The monoisotopic (exact) mass is 482 g/mol. The quantitative estimate of drug-likeness (QED) is 0.408. The van der Waals surface area contributed by atoms with Crippen molar-refractivity contribution in [1.82, 2.24) is 30.5 Å². The van der Waals surface area contributed by atoms with Crippen molar-refractivity contribution in [2.24, 2.45) is 0 Å². The molecule has 0 spiro atoms. The molecule has 1 aliphatic heterocycles. The molecule has 2 N–H and O–H groups in total. The molecule has 0 unspecified atom stereocenters. The van der Waals surface area contributed by atoms with Crippen molar-refractivity contribution < 1.29 is 19.1 Å². The minimum Gasteiger partial charge on any atom is -0.497 e. The van der Waals surface area contributed by atoms with E-state index >= 15 is 0 Å². The molecule has 0 aliphatic carbocycles. The van der Waals surface area contributed by atoms with Gasteiger partial charge in [0.1, 0.15) is 17.0 Å². The highest BCUT2D eigenvalue weighted by Crippen LogP contribution is 2.30. The second kappa shape index (κ2) is 8.99. The largest absolute Gasteiger partial charge is 0.497 e. The van der Waals surface area contributed by atoms with E-state index in [-0.39, 0.29) is 5.56 Å². The zero-order chi connectivity index (χ0) is 25.3. The smallest absolute Gasteiger partial charge is 0.344 e. The summed E-state index contributed by atoms with van der Waals surface area (Å²) in [6.45, 7) is 1.57. The number of nitrogens with one attached hydrogen (secondary N) is 2.